The highest BCUT2D eigenvalue weighted by molar-refractivity contribution is 5.89. The Morgan fingerprint density at radius 1 is 0.840 bits per heavy atom. The minimum atomic E-state index is -0.0271. The van der Waals surface area contributed by atoms with Gasteiger partial charge in [0.05, 0.1) is 0 Å². The zero-order valence-electron chi connectivity index (χ0n) is 14.3. The maximum absolute atomic E-state index is 5.39. The smallest absolute Gasteiger partial charge is 0.211 e. The molecule has 25 heavy (non-hydrogen) atoms. The summed E-state index contributed by atoms with van der Waals surface area (Å²) in [6.07, 6.45) is 0.745. The van der Waals surface area contributed by atoms with Gasteiger partial charge in [-0.2, -0.15) is 5.10 Å². The first-order valence-corrected chi connectivity index (χ1v) is 8.30. The number of fused-ring (bicyclic) bond motifs is 1. The molecule has 3 rings (SSSR count). The molecule has 0 aliphatic heterocycles. The van der Waals surface area contributed by atoms with Crippen molar-refractivity contribution >= 4 is 22.4 Å². The molecule has 0 saturated carbocycles. The molecular weight excluding hydrogens is 308 g/mol. The lowest BCUT2D eigenvalue weighted by molar-refractivity contribution is 0.856. The lowest BCUT2D eigenvalue weighted by atomic mass is 9.84. The van der Waals surface area contributed by atoms with Crippen molar-refractivity contribution in [2.24, 2.45) is 21.7 Å². The summed E-state index contributed by atoms with van der Waals surface area (Å²) in [5.74, 6) is 0.158. The van der Waals surface area contributed by atoms with E-state index in [0.29, 0.717) is 0 Å². The van der Waals surface area contributed by atoms with Crippen LogP contribution in [0.1, 0.15) is 30.4 Å². The van der Waals surface area contributed by atoms with E-state index in [1.54, 1.807) is 0 Å². The summed E-state index contributed by atoms with van der Waals surface area (Å²) < 4.78 is 0. The maximum atomic E-state index is 5.39. The van der Waals surface area contributed by atoms with Crippen LogP contribution in [0.25, 0.3) is 10.8 Å². The Hall–Kier alpha value is -3.14. The van der Waals surface area contributed by atoms with Crippen LogP contribution < -0.4 is 11.5 Å². The Kier molecular flexibility index (Phi) is 5.09. The van der Waals surface area contributed by atoms with Gasteiger partial charge < -0.3 is 11.5 Å². The predicted octanol–water partition coefficient (Wildman–Crippen LogP) is 4.01. The van der Waals surface area contributed by atoms with Gasteiger partial charge in [-0.25, -0.2) is 0 Å². The van der Waals surface area contributed by atoms with Gasteiger partial charge in [0.1, 0.15) is 0 Å². The standard InChI is InChI=1S/C21H22N4/c1-15(24-25-21(22)23)14-20(17-8-3-2-4-9-17)19-13-7-11-16-10-5-6-12-18(16)19/h2-13,20H,14H2,1H3,(H4,22,23,25)/b24-15-. The van der Waals surface area contributed by atoms with Crippen LogP contribution in [0.15, 0.2) is 83.0 Å². The van der Waals surface area contributed by atoms with E-state index in [-0.39, 0.29) is 11.9 Å². The molecule has 0 bridgehead atoms. The number of benzene rings is 3. The SMILES string of the molecule is C/C(CC(c1ccccc1)c1cccc2ccccc12)=N/N=C(N)N. The van der Waals surface area contributed by atoms with E-state index in [2.05, 4.69) is 76.9 Å². The molecule has 4 N–H and O–H groups in total. The first-order valence-electron chi connectivity index (χ1n) is 8.30. The Morgan fingerprint density at radius 2 is 1.52 bits per heavy atom. The first kappa shape index (κ1) is 16.7. The van der Waals surface area contributed by atoms with E-state index in [0.717, 1.165) is 12.1 Å². The second kappa shape index (κ2) is 7.62. The Morgan fingerprint density at radius 3 is 2.28 bits per heavy atom. The van der Waals surface area contributed by atoms with Crippen LogP contribution in [-0.2, 0) is 0 Å². The highest BCUT2D eigenvalue weighted by Gasteiger charge is 2.17. The molecule has 0 fully saturated rings. The van der Waals surface area contributed by atoms with Crippen LogP contribution in [0.2, 0.25) is 0 Å². The molecule has 0 saturated heterocycles. The summed E-state index contributed by atoms with van der Waals surface area (Å²) in [5, 5.41) is 10.4. The van der Waals surface area contributed by atoms with Gasteiger partial charge in [0.15, 0.2) is 0 Å². The fraction of sp³-hybridized carbons (Fsp3) is 0.143. The molecule has 126 valence electrons. The van der Waals surface area contributed by atoms with Gasteiger partial charge in [0.2, 0.25) is 5.96 Å². The molecule has 0 aromatic heterocycles. The van der Waals surface area contributed by atoms with E-state index >= 15 is 0 Å². The average Bonchev–Trinajstić information content (AvgIpc) is 2.65. The van der Waals surface area contributed by atoms with Crippen molar-refractivity contribution in [1.29, 1.82) is 0 Å². The van der Waals surface area contributed by atoms with Gasteiger partial charge >= 0.3 is 0 Å². The lowest BCUT2D eigenvalue weighted by Crippen LogP contribution is -2.22. The van der Waals surface area contributed by atoms with Crippen LogP contribution in [0.3, 0.4) is 0 Å². The summed E-state index contributed by atoms with van der Waals surface area (Å²) in [6.45, 7) is 1.95. The third kappa shape index (κ3) is 4.04. The summed E-state index contributed by atoms with van der Waals surface area (Å²) in [7, 11) is 0. The quantitative estimate of drug-likeness (QED) is 0.421. The Bertz CT molecular complexity index is 904. The number of guanidine groups is 1. The molecule has 0 radical (unpaired) electrons. The van der Waals surface area contributed by atoms with Gasteiger partial charge in [-0.15, -0.1) is 5.10 Å². The molecule has 4 nitrogen and oxygen atoms in total. The molecule has 0 heterocycles. The van der Waals surface area contributed by atoms with Crippen molar-refractivity contribution in [2.75, 3.05) is 0 Å². The average molecular weight is 330 g/mol. The first-order chi connectivity index (χ1) is 12.1. The number of nitrogens with two attached hydrogens (primary N) is 2. The van der Waals surface area contributed by atoms with E-state index in [1.807, 2.05) is 13.0 Å². The zero-order chi connectivity index (χ0) is 17.6. The van der Waals surface area contributed by atoms with E-state index in [4.69, 9.17) is 11.5 Å². The fourth-order valence-corrected chi connectivity index (χ4v) is 3.13. The van der Waals surface area contributed by atoms with Crippen molar-refractivity contribution in [3.8, 4) is 0 Å². The van der Waals surface area contributed by atoms with Crippen LogP contribution in [0.5, 0.6) is 0 Å². The Balaban J connectivity index is 2.08. The summed E-state index contributed by atoms with van der Waals surface area (Å²) in [4.78, 5) is 0. The van der Waals surface area contributed by atoms with Gasteiger partial charge in [-0.05, 0) is 35.2 Å². The van der Waals surface area contributed by atoms with E-state index in [1.165, 1.54) is 21.9 Å². The summed E-state index contributed by atoms with van der Waals surface area (Å²) in [6, 6.07) is 25.4. The van der Waals surface area contributed by atoms with Crippen LogP contribution in [0, 0.1) is 0 Å². The number of rotatable bonds is 5. The third-order valence-corrected chi connectivity index (χ3v) is 4.24. The lowest BCUT2D eigenvalue weighted by Gasteiger charge is -2.20. The molecule has 1 unspecified atom stereocenters. The van der Waals surface area contributed by atoms with Gasteiger partial charge in [-0.1, -0.05) is 72.8 Å². The van der Waals surface area contributed by atoms with Crippen LogP contribution >= 0.6 is 0 Å². The van der Waals surface area contributed by atoms with E-state index in [9.17, 15) is 0 Å². The maximum Gasteiger partial charge on any atom is 0.211 e. The van der Waals surface area contributed by atoms with Crippen molar-refractivity contribution < 1.29 is 0 Å². The minimum absolute atomic E-state index is 0.0271. The molecule has 4 heteroatoms. The number of hydrogen-bond donors (Lipinski definition) is 2. The molecule has 0 amide bonds. The normalized spacial score (nSPS) is 12.8. The topological polar surface area (TPSA) is 76.8 Å². The molecule has 3 aromatic carbocycles. The zero-order valence-corrected chi connectivity index (χ0v) is 14.3. The van der Waals surface area contributed by atoms with Crippen molar-refractivity contribution in [1.82, 2.24) is 0 Å². The fourth-order valence-electron chi connectivity index (χ4n) is 3.13. The molecule has 1 atom stereocenters. The van der Waals surface area contributed by atoms with Gasteiger partial charge in [0.25, 0.3) is 0 Å². The Labute approximate surface area is 147 Å². The molecule has 0 aliphatic carbocycles. The molecule has 0 aliphatic rings. The van der Waals surface area contributed by atoms with Crippen molar-refractivity contribution in [3.05, 3.63) is 83.9 Å². The number of hydrogen-bond acceptors (Lipinski definition) is 2. The largest absolute Gasteiger partial charge is 0.369 e. The highest BCUT2D eigenvalue weighted by Crippen LogP contribution is 2.33. The monoisotopic (exact) mass is 330 g/mol. The molecular formula is C21H22N4. The molecule has 0 spiro atoms. The number of nitrogens with zero attached hydrogens (tertiary/aromatic N) is 2. The minimum Gasteiger partial charge on any atom is -0.369 e. The summed E-state index contributed by atoms with van der Waals surface area (Å²) in [5.41, 5.74) is 14.2. The second-order valence-electron chi connectivity index (χ2n) is 6.10. The third-order valence-electron chi connectivity index (χ3n) is 4.24. The highest BCUT2D eigenvalue weighted by atomic mass is 15.3. The van der Waals surface area contributed by atoms with Crippen molar-refractivity contribution in [3.63, 3.8) is 0 Å². The predicted molar refractivity (Wildman–Crippen MR) is 106 cm³/mol. The van der Waals surface area contributed by atoms with Gasteiger partial charge in [0, 0.05) is 11.6 Å². The van der Waals surface area contributed by atoms with Crippen molar-refractivity contribution in [2.45, 2.75) is 19.3 Å². The summed E-state index contributed by atoms with van der Waals surface area (Å²) >= 11 is 0. The van der Waals surface area contributed by atoms with E-state index < -0.39 is 0 Å². The van der Waals surface area contributed by atoms with Crippen LogP contribution in [-0.4, -0.2) is 11.7 Å². The molecule has 3 aromatic rings. The van der Waals surface area contributed by atoms with Gasteiger partial charge in [-0.3, -0.25) is 0 Å². The van der Waals surface area contributed by atoms with Crippen LogP contribution in [0.4, 0.5) is 0 Å². The second-order valence-corrected chi connectivity index (χ2v) is 6.10.